The molecular weight excluding hydrogens is 194 g/mol. The van der Waals surface area contributed by atoms with Crippen LogP contribution in [0.25, 0.3) is 0 Å². The van der Waals surface area contributed by atoms with E-state index >= 15 is 0 Å². The quantitative estimate of drug-likeness (QED) is 0.716. The fourth-order valence-corrected chi connectivity index (χ4v) is 2.00. The molecule has 1 rings (SSSR count). The van der Waals surface area contributed by atoms with Gasteiger partial charge < -0.3 is 5.32 Å². The van der Waals surface area contributed by atoms with Crippen LogP contribution in [0.15, 0.2) is 36.9 Å². The second kappa shape index (κ2) is 6.49. The second-order valence-electron chi connectivity index (χ2n) is 4.71. The van der Waals surface area contributed by atoms with E-state index in [1.165, 1.54) is 11.1 Å². The molecule has 1 heteroatoms. The summed E-state index contributed by atoms with van der Waals surface area (Å²) in [5.74, 6) is 0.711. The van der Waals surface area contributed by atoms with Crippen LogP contribution in [-0.4, -0.2) is 7.05 Å². The molecule has 0 aliphatic rings. The molecule has 0 saturated heterocycles. The van der Waals surface area contributed by atoms with E-state index in [1.54, 1.807) is 0 Å². The number of rotatable bonds is 6. The average molecular weight is 217 g/mol. The van der Waals surface area contributed by atoms with Crippen LogP contribution in [0.2, 0.25) is 0 Å². The van der Waals surface area contributed by atoms with Crippen molar-refractivity contribution >= 4 is 0 Å². The SMILES string of the molecule is C=CCC(NC)c1cccc(CC(C)C)c1. The van der Waals surface area contributed by atoms with Crippen molar-refractivity contribution in [3.8, 4) is 0 Å². The van der Waals surface area contributed by atoms with Gasteiger partial charge in [0.15, 0.2) is 0 Å². The lowest BCUT2D eigenvalue weighted by Gasteiger charge is -2.16. The Morgan fingerprint density at radius 1 is 1.38 bits per heavy atom. The van der Waals surface area contributed by atoms with Gasteiger partial charge in [-0.1, -0.05) is 44.2 Å². The zero-order valence-electron chi connectivity index (χ0n) is 10.7. The third-order valence-electron chi connectivity index (χ3n) is 2.75. The minimum absolute atomic E-state index is 0.393. The van der Waals surface area contributed by atoms with Crippen LogP contribution < -0.4 is 5.32 Å². The summed E-state index contributed by atoms with van der Waals surface area (Å²) < 4.78 is 0. The van der Waals surface area contributed by atoms with Crippen molar-refractivity contribution < 1.29 is 0 Å². The average Bonchev–Trinajstić information content (AvgIpc) is 2.25. The first-order valence-corrected chi connectivity index (χ1v) is 6.04. The Balaban J connectivity index is 2.83. The van der Waals surface area contributed by atoms with Gasteiger partial charge in [-0.2, -0.15) is 0 Å². The van der Waals surface area contributed by atoms with Gasteiger partial charge in [0.25, 0.3) is 0 Å². The standard InChI is InChI=1S/C15H23N/c1-5-7-15(16-4)14-9-6-8-13(11-14)10-12(2)3/h5-6,8-9,11-12,15-16H,1,7,10H2,2-4H3. The van der Waals surface area contributed by atoms with E-state index in [1.807, 2.05) is 13.1 Å². The summed E-state index contributed by atoms with van der Waals surface area (Å²) in [6.07, 6.45) is 4.09. The van der Waals surface area contributed by atoms with E-state index in [-0.39, 0.29) is 0 Å². The predicted octanol–water partition coefficient (Wildman–Crippen LogP) is 3.72. The molecule has 0 amide bonds. The smallest absolute Gasteiger partial charge is 0.0352 e. The summed E-state index contributed by atoms with van der Waals surface area (Å²) in [6, 6.07) is 9.26. The first-order valence-electron chi connectivity index (χ1n) is 6.04. The lowest BCUT2D eigenvalue weighted by atomic mass is 9.97. The molecule has 0 aliphatic carbocycles. The minimum Gasteiger partial charge on any atom is -0.313 e. The van der Waals surface area contributed by atoms with Crippen molar-refractivity contribution in [2.45, 2.75) is 32.7 Å². The largest absolute Gasteiger partial charge is 0.313 e. The summed E-state index contributed by atoms with van der Waals surface area (Å²) in [5, 5.41) is 3.33. The van der Waals surface area contributed by atoms with Crippen LogP contribution in [-0.2, 0) is 6.42 Å². The molecule has 1 atom stereocenters. The molecule has 88 valence electrons. The molecule has 0 heterocycles. The topological polar surface area (TPSA) is 12.0 Å². The summed E-state index contributed by atoms with van der Waals surface area (Å²) >= 11 is 0. The molecule has 16 heavy (non-hydrogen) atoms. The van der Waals surface area contributed by atoms with Crippen molar-refractivity contribution in [1.82, 2.24) is 5.32 Å². The zero-order chi connectivity index (χ0) is 12.0. The fourth-order valence-electron chi connectivity index (χ4n) is 2.00. The number of hydrogen-bond acceptors (Lipinski definition) is 1. The highest BCUT2D eigenvalue weighted by atomic mass is 14.9. The van der Waals surface area contributed by atoms with Crippen molar-refractivity contribution in [1.29, 1.82) is 0 Å². The summed E-state index contributed by atoms with van der Waals surface area (Å²) in [4.78, 5) is 0. The first-order chi connectivity index (χ1) is 7.67. The predicted molar refractivity (Wildman–Crippen MR) is 71.6 cm³/mol. The maximum atomic E-state index is 3.80. The van der Waals surface area contributed by atoms with Crippen molar-refractivity contribution in [3.05, 3.63) is 48.0 Å². The van der Waals surface area contributed by atoms with Crippen LogP contribution in [0.4, 0.5) is 0 Å². The van der Waals surface area contributed by atoms with Gasteiger partial charge in [0.05, 0.1) is 0 Å². The van der Waals surface area contributed by atoms with E-state index in [9.17, 15) is 0 Å². The highest BCUT2D eigenvalue weighted by Crippen LogP contribution is 2.19. The summed E-state index contributed by atoms with van der Waals surface area (Å²) in [6.45, 7) is 8.32. The first kappa shape index (κ1) is 13.0. The van der Waals surface area contributed by atoms with Crippen LogP contribution in [0.1, 0.15) is 37.4 Å². The molecule has 1 aromatic carbocycles. The molecule has 1 aromatic rings. The Morgan fingerprint density at radius 3 is 2.69 bits per heavy atom. The number of hydrogen-bond donors (Lipinski definition) is 1. The molecule has 1 nitrogen and oxygen atoms in total. The van der Waals surface area contributed by atoms with Gasteiger partial charge in [0.1, 0.15) is 0 Å². The molecule has 0 bridgehead atoms. The normalized spacial score (nSPS) is 12.8. The minimum atomic E-state index is 0.393. The van der Waals surface area contributed by atoms with Crippen molar-refractivity contribution in [3.63, 3.8) is 0 Å². The van der Waals surface area contributed by atoms with Crippen LogP contribution in [0.5, 0.6) is 0 Å². The van der Waals surface area contributed by atoms with Crippen molar-refractivity contribution in [2.75, 3.05) is 7.05 Å². The molecule has 1 N–H and O–H groups in total. The van der Waals surface area contributed by atoms with Gasteiger partial charge in [0.2, 0.25) is 0 Å². The summed E-state index contributed by atoms with van der Waals surface area (Å²) in [7, 11) is 2.00. The Morgan fingerprint density at radius 2 is 2.12 bits per heavy atom. The third kappa shape index (κ3) is 3.82. The van der Waals surface area contributed by atoms with E-state index in [0.717, 1.165) is 12.8 Å². The van der Waals surface area contributed by atoms with E-state index in [0.29, 0.717) is 12.0 Å². The van der Waals surface area contributed by atoms with E-state index in [4.69, 9.17) is 0 Å². The zero-order valence-corrected chi connectivity index (χ0v) is 10.7. The summed E-state index contributed by atoms with van der Waals surface area (Å²) in [5.41, 5.74) is 2.79. The molecule has 1 unspecified atom stereocenters. The number of nitrogens with one attached hydrogen (secondary N) is 1. The molecule has 0 aromatic heterocycles. The lowest BCUT2D eigenvalue weighted by molar-refractivity contribution is 0.600. The van der Waals surface area contributed by atoms with Gasteiger partial charge >= 0.3 is 0 Å². The highest BCUT2D eigenvalue weighted by molar-refractivity contribution is 5.26. The molecule has 0 radical (unpaired) electrons. The van der Waals surface area contributed by atoms with Gasteiger partial charge in [-0.15, -0.1) is 6.58 Å². The van der Waals surface area contributed by atoms with Crippen LogP contribution in [0.3, 0.4) is 0 Å². The van der Waals surface area contributed by atoms with E-state index < -0.39 is 0 Å². The molecule has 0 saturated carbocycles. The lowest BCUT2D eigenvalue weighted by Crippen LogP contribution is -2.15. The Bertz CT molecular complexity index is 328. The van der Waals surface area contributed by atoms with Gasteiger partial charge in [-0.25, -0.2) is 0 Å². The third-order valence-corrected chi connectivity index (χ3v) is 2.75. The Hall–Kier alpha value is -1.08. The highest BCUT2D eigenvalue weighted by Gasteiger charge is 2.07. The molecular formula is C15H23N. The Kier molecular flexibility index (Phi) is 5.27. The second-order valence-corrected chi connectivity index (χ2v) is 4.71. The van der Waals surface area contributed by atoms with Crippen LogP contribution >= 0.6 is 0 Å². The van der Waals surface area contributed by atoms with E-state index in [2.05, 4.69) is 50.0 Å². The number of benzene rings is 1. The molecule has 0 fully saturated rings. The maximum absolute atomic E-state index is 3.80. The fraction of sp³-hybridized carbons (Fsp3) is 0.467. The van der Waals surface area contributed by atoms with Gasteiger partial charge in [-0.3, -0.25) is 0 Å². The molecule has 0 aliphatic heterocycles. The van der Waals surface area contributed by atoms with Gasteiger partial charge in [0, 0.05) is 6.04 Å². The van der Waals surface area contributed by atoms with Crippen molar-refractivity contribution in [2.24, 2.45) is 5.92 Å². The Labute approximate surface area is 99.6 Å². The molecule has 0 spiro atoms. The van der Waals surface area contributed by atoms with Crippen LogP contribution in [0, 0.1) is 5.92 Å². The van der Waals surface area contributed by atoms with Gasteiger partial charge in [-0.05, 0) is 36.9 Å². The maximum Gasteiger partial charge on any atom is 0.0352 e. The monoisotopic (exact) mass is 217 g/mol.